The summed E-state index contributed by atoms with van der Waals surface area (Å²) < 4.78 is 0. The maximum atomic E-state index is 12.1. The first-order valence-electron chi connectivity index (χ1n) is 7.81. The Morgan fingerprint density at radius 1 is 1.04 bits per heavy atom. The van der Waals surface area contributed by atoms with Crippen molar-refractivity contribution >= 4 is 28.6 Å². The van der Waals surface area contributed by atoms with Crippen molar-refractivity contribution in [2.45, 2.75) is 25.4 Å². The maximum absolute atomic E-state index is 12.1. The molecule has 3 aromatic rings. The van der Waals surface area contributed by atoms with E-state index in [-0.39, 0.29) is 5.91 Å². The van der Waals surface area contributed by atoms with Crippen LogP contribution in [0.5, 0.6) is 0 Å². The fourth-order valence-electron chi connectivity index (χ4n) is 2.46. The molecule has 0 bridgehead atoms. The van der Waals surface area contributed by atoms with Gasteiger partial charge in [-0.05, 0) is 31.0 Å². The van der Waals surface area contributed by atoms with Gasteiger partial charge in [0.25, 0.3) is 0 Å². The standard InChI is InChI=1S/C19H19N3OS/c1-13-7-3-4-8-15(13)11-20-18(23)12-24-19-16-9-5-6-10-17(16)21-14(2)22-19/h3-10H,11-12H2,1-2H3,(H,20,23). The van der Waals surface area contributed by atoms with Gasteiger partial charge in [-0.25, -0.2) is 9.97 Å². The quantitative estimate of drug-likeness (QED) is 0.570. The molecule has 0 saturated carbocycles. The van der Waals surface area contributed by atoms with Gasteiger partial charge in [-0.1, -0.05) is 54.2 Å². The van der Waals surface area contributed by atoms with Crippen molar-refractivity contribution in [3.05, 3.63) is 65.5 Å². The Balaban J connectivity index is 1.63. The monoisotopic (exact) mass is 337 g/mol. The number of nitrogens with one attached hydrogen (secondary N) is 1. The van der Waals surface area contributed by atoms with Crippen molar-refractivity contribution in [1.82, 2.24) is 15.3 Å². The lowest BCUT2D eigenvalue weighted by Gasteiger charge is -2.09. The van der Waals surface area contributed by atoms with E-state index in [0.717, 1.165) is 27.3 Å². The molecule has 0 radical (unpaired) electrons. The highest BCUT2D eigenvalue weighted by molar-refractivity contribution is 8.00. The first kappa shape index (κ1) is 16.5. The number of hydrogen-bond donors (Lipinski definition) is 1. The van der Waals surface area contributed by atoms with Crippen LogP contribution in [0.25, 0.3) is 10.9 Å². The van der Waals surface area contributed by atoms with Gasteiger partial charge >= 0.3 is 0 Å². The average molecular weight is 337 g/mol. The minimum Gasteiger partial charge on any atom is -0.351 e. The zero-order valence-corrected chi connectivity index (χ0v) is 14.6. The van der Waals surface area contributed by atoms with E-state index in [9.17, 15) is 4.79 Å². The van der Waals surface area contributed by atoms with Crippen LogP contribution >= 0.6 is 11.8 Å². The van der Waals surface area contributed by atoms with Crippen LogP contribution in [-0.2, 0) is 11.3 Å². The lowest BCUT2D eigenvalue weighted by molar-refractivity contribution is -0.118. The molecule has 3 rings (SSSR count). The van der Waals surface area contributed by atoms with Gasteiger partial charge in [-0.3, -0.25) is 4.79 Å². The van der Waals surface area contributed by atoms with Crippen molar-refractivity contribution in [2.75, 3.05) is 5.75 Å². The predicted molar refractivity (Wildman–Crippen MR) is 98.0 cm³/mol. The molecule has 122 valence electrons. The van der Waals surface area contributed by atoms with E-state index < -0.39 is 0 Å². The third kappa shape index (κ3) is 3.92. The number of benzene rings is 2. The van der Waals surface area contributed by atoms with Crippen LogP contribution < -0.4 is 5.32 Å². The summed E-state index contributed by atoms with van der Waals surface area (Å²) in [6.07, 6.45) is 0. The molecule has 2 aromatic carbocycles. The second-order valence-electron chi connectivity index (χ2n) is 5.59. The smallest absolute Gasteiger partial charge is 0.230 e. The van der Waals surface area contributed by atoms with Gasteiger partial charge in [0.2, 0.25) is 5.91 Å². The molecule has 1 aromatic heterocycles. The lowest BCUT2D eigenvalue weighted by atomic mass is 10.1. The number of carbonyl (C=O) groups is 1. The van der Waals surface area contributed by atoms with Gasteiger partial charge < -0.3 is 5.32 Å². The normalized spacial score (nSPS) is 10.8. The highest BCUT2D eigenvalue weighted by Gasteiger charge is 2.09. The predicted octanol–water partition coefficient (Wildman–Crippen LogP) is 3.66. The summed E-state index contributed by atoms with van der Waals surface area (Å²) in [5.74, 6) is 1.06. The number of amides is 1. The van der Waals surface area contributed by atoms with Gasteiger partial charge in [0, 0.05) is 11.9 Å². The summed E-state index contributed by atoms with van der Waals surface area (Å²) in [5, 5.41) is 4.81. The fraction of sp³-hybridized carbons (Fsp3) is 0.211. The lowest BCUT2D eigenvalue weighted by Crippen LogP contribution is -2.25. The zero-order chi connectivity index (χ0) is 16.9. The van der Waals surface area contributed by atoms with E-state index >= 15 is 0 Å². The minimum absolute atomic E-state index is 0.00333. The van der Waals surface area contributed by atoms with E-state index in [1.807, 2.05) is 62.4 Å². The van der Waals surface area contributed by atoms with E-state index in [1.54, 1.807) is 0 Å². The summed E-state index contributed by atoms with van der Waals surface area (Å²) in [4.78, 5) is 21.0. The summed E-state index contributed by atoms with van der Waals surface area (Å²) >= 11 is 1.45. The zero-order valence-electron chi connectivity index (χ0n) is 13.7. The second kappa shape index (κ2) is 7.45. The van der Waals surface area contributed by atoms with Crippen LogP contribution in [0.2, 0.25) is 0 Å². The fourth-order valence-corrected chi connectivity index (χ4v) is 3.35. The first-order chi connectivity index (χ1) is 11.6. The van der Waals surface area contributed by atoms with Crippen molar-refractivity contribution in [2.24, 2.45) is 0 Å². The first-order valence-corrected chi connectivity index (χ1v) is 8.79. The molecule has 0 atom stereocenters. The van der Waals surface area contributed by atoms with Crippen molar-refractivity contribution in [1.29, 1.82) is 0 Å². The van der Waals surface area contributed by atoms with Crippen LogP contribution in [0.3, 0.4) is 0 Å². The van der Waals surface area contributed by atoms with E-state index in [1.165, 1.54) is 17.3 Å². The Morgan fingerprint density at radius 2 is 1.79 bits per heavy atom. The van der Waals surface area contributed by atoms with E-state index in [2.05, 4.69) is 15.3 Å². The summed E-state index contributed by atoms with van der Waals surface area (Å²) in [6.45, 7) is 4.47. The van der Waals surface area contributed by atoms with E-state index in [0.29, 0.717) is 12.3 Å². The third-order valence-electron chi connectivity index (χ3n) is 3.76. The number of thioether (sulfide) groups is 1. The largest absolute Gasteiger partial charge is 0.351 e. The molecule has 24 heavy (non-hydrogen) atoms. The number of rotatable bonds is 5. The summed E-state index contributed by atoms with van der Waals surface area (Å²) in [7, 11) is 0. The molecule has 0 fully saturated rings. The molecular weight excluding hydrogens is 318 g/mol. The van der Waals surface area contributed by atoms with Crippen LogP contribution in [-0.4, -0.2) is 21.6 Å². The topological polar surface area (TPSA) is 54.9 Å². The SMILES string of the molecule is Cc1nc(SCC(=O)NCc2ccccc2C)c2ccccc2n1. The summed E-state index contributed by atoms with van der Waals surface area (Å²) in [5.41, 5.74) is 3.23. The Morgan fingerprint density at radius 3 is 2.62 bits per heavy atom. The number of para-hydroxylation sites is 1. The molecule has 1 heterocycles. The maximum Gasteiger partial charge on any atom is 0.230 e. The molecule has 5 heteroatoms. The van der Waals surface area contributed by atoms with Crippen molar-refractivity contribution in [3.63, 3.8) is 0 Å². The van der Waals surface area contributed by atoms with Gasteiger partial charge in [-0.15, -0.1) is 0 Å². The Bertz CT molecular complexity index is 879. The van der Waals surface area contributed by atoms with Crippen molar-refractivity contribution < 1.29 is 4.79 Å². The highest BCUT2D eigenvalue weighted by atomic mass is 32.2. The number of fused-ring (bicyclic) bond motifs is 1. The van der Waals surface area contributed by atoms with Crippen molar-refractivity contribution in [3.8, 4) is 0 Å². The van der Waals surface area contributed by atoms with Gasteiger partial charge in [0.1, 0.15) is 10.9 Å². The molecule has 0 spiro atoms. The van der Waals surface area contributed by atoms with Gasteiger partial charge in [0.05, 0.1) is 11.3 Å². The summed E-state index contributed by atoms with van der Waals surface area (Å²) in [6, 6.07) is 15.9. The molecule has 1 N–H and O–H groups in total. The van der Waals surface area contributed by atoms with Crippen LogP contribution in [0.15, 0.2) is 53.6 Å². The number of aryl methyl sites for hydroxylation is 2. The molecule has 1 amide bonds. The molecule has 0 aliphatic carbocycles. The minimum atomic E-state index is 0.00333. The van der Waals surface area contributed by atoms with Crippen LogP contribution in [0.4, 0.5) is 0 Å². The Kier molecular flexibility index (Phi) is 5.11. The molecule has 0 unspecified atom stereocenters. The van der Waals surface area contributed by atoms with Crippen LogP contribution in [0, 0.1) is 13.8 Å². The number of carbonyl (C=O) groups excluding carboxylic acids is 1. The molecule has 4 nitrogen and oxygen atoms in total. The number of nitrogens with zero attached hydrogens (tertiary/aromatic N) is 2. The molecular formula is C19H19N3OS. The molecule has 0 aliphatic rings. The second-order valence-corrected chi connectivity index (χ2v) is 6.55. The Hall–Kier alpha value is -2.40. The third-order valence-corrected chi connectivity index (χ3v) is 4.75. The Labute approximate surface area is 145 Å². The molecule has 0 saturated heterocycles. The number of aromatic nitrogens is 2. The number of hydrogen-bond acceptors (Lipinski definition) is 4. The van der Waals surface area contributed by atoms with Gasteiger partial charge in [-0.2, -0.15) is 0 Å². The van der Waals surface area contributed by atoms with E-state index in [4.69, 9.17) is 0 Å². The van der Waals surface area contributed by atoms with Gasteiger partial charge in [0.15, 0.2) is 0 Å². The average Bonchev–Trinajstić information content (AvgIpc) is 2.58. The highest BCUT2D eigenvalue weighted by Crippen LogP contribution is 2.24. The van der Waals surface area contributed by atoms with Crippen LogP contribution in [0.1, 0.15) is 17.0 Å². The molecule has 0 aliphatic heterocycles.